The Bertz CT molecular complexity index is 682. The predicted molar refractivity (Wildman–Crippen MR) is 69.6 cm³/mol. The number of H-pyrrole nitrogens is 1. The Hall–Kier alpha value is -1.97. The number of allylic oxidation sites excluding steroid dienone is 1. The number of fused-ring (bicyclic) bond motifs is 2. The molecule has 2 aliphatic rings. The van der Waals surface area contributed by atoms with Crippen LogP contribution in [-0.4, -0.2) is 11.0 Å². The Kier molecular flexibility index (Phi) is 1.95. The summed E-state index contributed by atoms with van der Waals surface area (Å²) in [4.78, 5) is 13.8. The van der Waals surface area contributed by atoms with E-state index in [4.69, 9.17) is 4.42 Å². The zero-order valence-corrected chi connectivity index (χ0v) is 9.85. The Morgan fingerprint density at radius 2 is 2.33 bits per heavy atom. The molecule has 4 rings (SSSR count). The molecule has 1 fully saturated rings. The lowest BCUT2D eigenvalue weighted by Crippen LogP contribution is -2.43. The van der Waals surface area contributed by atoms with Crippen LogP contribution in [0.15, 0.2) is 39.6 Å². The average Bonchev–Trinajstić information content (AvgIpc) is 2.87. The summed E-state index contributed by atoms with van der Waals surface area (Å²) in [5, 5.41) is 3.54. The molecule has 4 heteroatoms. The van der Waals surface area contributed by atoms with Crippen LogP contribution < -0.4 is 11.1 Å². The minimum absolute atomic E-state index is 0.399. The number of aromatic amines is 1. The zero-order chi connectivity index (χ0) is 12.1. The smallest absolute Gasteiger partial charge is 0.408 e. The molecular weight excluding hydrogens is 228 g/mol. The van der Waals surface area contributed by atoms with Crippen molar-refractivity contribution in [3.63, 3.8) is 0 Å². The second-order valence-electron chi connectivity index (χ2n) is 5.21. The van der Waals surface area contributed by atoms with Gasteiger partial charge in [0.25, 0.3) is 0 Å². The van der Waals surface area contributed by atoms with E-state index in [0.29, 0.717) is 17.5 Å². The largest absolute Gasteiger partial charge is 0.417 e. The quantitative estimate of drug-likeness (QED) is 0.795. The maximum atomic E-state index is 11.1. The van der Waals surface area contributed by atoms with Crippen molar-refractivity contribution in [3.05, 3.63) is 40.9 Å². The predicted octanol–water partition coefficient (Wildman–Crippen LogP) is 2.50. The van der Waals surface area contributed by atoms with E-state index in [1.54, 1.807) is 0 Å². The number of nitrogens with one attached hydrogen (secondary N) is 2. The molecule has 0 bridgehead atoms. The van der Waals surface area contributed by atoms with Gasteiger partial charge in [0, 0.05) is 17.6 Å². The van der Waals surface area contributed by atoms with Crippen molar-refractivity contribution in [2.24, 2.45) is 11.8 Å². The molecule has 2 N–H and O–H groups in total. The van der Waals surface area contributed by atoms with Gasteiger partial charge in [-0.05, 0) is 37.0 Å². The average molecular weight is 242 g/mol. The van der Waals surface area contributed by atoms with Crippen LogP contribution in [0.5, 0.6) is 0 Å². The Morgan fingerprint density at radius 1 is 1.39 bits per heavy atom. The summed E-state index contributed by atoms with van der Waals surface area (Å²) in [6.07, 6.45) is 7.08. The maximum Gasteiger partial charge on any atom is 0.417 e. The molecule has 1 saturated carbocycles. The number of anilines is 1. The normalized spacial score (nSPS) is 29.2. The number of benzene rings is 1. The molecule has 1 aromatic carbocycles. The first-order valence-corrected chi connectivity index (χ1v) is 6.36. The minimum Gasteiger partial charge on any atom is -0.408 e. The molecule has 4 nitrogen and oxygen atoms in total. The molecule has 2 aliphatic carbocycles. The van der Waals surface area contributed by atoms with Crippen LogP contribution in [0, 0.1) is 11.8 Å². The number of oxazole rings is 1. The van der Waals surface area contributed by atoms with Crippen LogP contribution in [0.4, 0.5) is 5.69 Å². The van der Waals surface area contributed by atoms with Crippen LogP contribution >= 0.6 is 0 Å². The third-order valence-corrected chi connectivity index (χ3v) is 4.13. The lowest BCUT2D eigenvalue weighted by Gasteiger charge is -2.41. The summed E-state index contributed by atoms with van der Waals surface area (Å²) in [6, 6.07) is 6.26. The lowest BCUT2D eigenvalue weighted by atomic mass is 9.71. The number of hydrogen-bond donors (Lipinski definition) is 2. The molecular formula is C14H14N2O2. The monoisotopic (exact) mass is 242 g/mol. The van der Waals surface area contributed by atoms with E-state index in [2.05, 4.69) is 22.5 Å². The standard InChI is InChI=1S/C14H14N2O2/c17-14-16-12-7-9(4-5-13(12)18-14)15-11-6-8-2-1-3-10(8)11/h1,3-5,7-8,10-11,15H,2,6H2,(H,16,17). The Morgan fingerprint density at radius 3 is 3.22 bits per heavy atom. The summed E-state index contributed by atoms with van der Waals surface area (Å²) in [7, 11) is 0. The van der Waals surface area contributed by atoms with E-state index >= 15 is 0 Å². The SMILES string of the molecule is O=c1[nH]c2cc(NC3CC4CC=CC43)ccc2o1. The van der Waals surface area contributed by atoms with Crippen molar-refractivity contribution in [2.75, 3.05) is 5.32 Å². The van der Waals surface area contributed by atoms with Gasteiger partial charge in [0.1, 0.15) is 0 Å². The fraction of sp³-hybridized carbons (Fsp3) is 0.357. The van der Waals surface area contributed by atoms with Gasteiger partial charge in [-0.25, -0.2) is 4.79 Å². The van der Waals surface area contributed by atoms with Gasteiger partial charge >= 0.3 is 5.76 Å². The molecule has 0 saturated heterocycles. The highest BCUT2D eigenvalue weighted by molar-refractivity contribution is 5.76. The molecule has 0 aliphatic heterocycles. The number of aromatic nitrogens is 1. The third-order valence-electron chi connectivity index (χ3n) is 4.13. The lowest BCUT2D eigenvalue weighted by molar-refractivity contribution is 0.218. The van der Waals surface area contributed by atoms with E-state index in [1.807, 2.05) is 18.2 Å². The van der Waals surface area contributed by atoms with Crippen molar-refractivity contribution < 1.29 is 4.42 Å². The van der Waals surface area contributed by atoms with Crippen LogP contribution in [-0.2, 0) is 0 Å². The molecule has 0 spiro atoms. The topological polar surface area (TPSA) is 58.0 Å². The van der Waals surface area contributed by atoms with Crippen molar-refractivity contribution in [3.8, 4) is 0 Å². The summed E-state index contributed by atoms with van der Waals surface area (Å²) in [5.74, 6) is 1.13. The molecule has 1 heterocycles. The van der Waals surface area contributed by atoms with Gasteiger partial charge in [-0.3, -0.25) is 4.98 Å². The molecule has 2 aromatic rings. The van der Waals surface area contributed by atoms with E-state index < -0.39 is 5.76 Å². The summed E-state index contributed by atoms with van der Waals surface area (Å²) >= 11 is 0. The van der Waals surface area contributed by atoms with Crippen molar-refractivity contribution in [2.45, 2.75) is 18.9 Å². The molecule has 1 aromatic heterocycles. The number of hydrogen-bond acceptors (Lipinski definition) is 3. The van der Waals surface area contributed by atoms with Gasteiger partial charge in [0.2, 0.25) is 0 Å². The number of rotatable bonds is 2. The maximum absolute atomic E-state index is 11.1. The van der Waals surface area contributed by atoms with E-state index in [-0.39, 0.29) is 0 Å². The highest BCUT2D eigenvalue weighted by Gasteiger charge is 2.40. The van der Waals surface area contributed by atoms with Crippen LogP contribution in [0.25, 0.3) is 11.1 Å². The van der Waals surface area contributed by atoms with Gasteiger partial charge in [0.15, 0.2) is 5.58 Å². The van der Waals surface area contributed by atoms with Crippen LogP contribution in [0.2, 0.25) is 0 Å². The minimum atomic E-state index is -0.399. The molecule has 3 atom stereocenters. The zero-order valence-electron chi connectivity index (χ0n) is 9.85. The molecule has 92 valence electrons. The Balaban J connectivity index is 1.59. The van der Waals surface area contributed by atoms with Crippen molar-refractivity contribution in [1.29, 1.82) is 0 Å². The van der Waals surface area contributed by atoms with Gasteiger partial charge in [-0.2, -0.15) is 0 Å². The fourth-order valence-corrected chi connectivity index (χ4v) is 3.14. The van der Waals surface area contributed by atoms with Gasteiger partial charge < -0.3 is 9.73 Å². The van der Waals surface area contributed by atoms with Gasteiger partial charge in [0.05, 0.1) is 5.52 Å². The first-order valence-electron chi connectivity index (χ1n) is 6.36. The second kappa shape index (κ2) is 3.51. The van der Waals surface area contributed by atoms with E-state index in [9.17, 15) is 4.79 Å². The van der Waals surface area contributed by atoms with E-state index in [1.165, 1.54) is 12.8 Å². The van der Waals surface area contributed by atoms with Crippen molar-refractivity contribution >= 4 is 16.8 Å². The second-order valence-corrected chi connectivity index (χ2v) is 5.21. The van der Waals surface area contributed by atoms with Crippen molar-refractivity contribution in [1.82, 2.24) is 4.98 Å². The Labute approximate surface area is 104 Å². The highest BCUT2D eigenvalue weighted by Crippen LogP contribution is 2.44. The van der Waals surface area contributed by atoms with Crippen LogP contribution in [0.1, 0.15) is 12.8 Å². The van der Waals surface area contributed by atoms with Crippen LogP contribution in [0.3, 0.4) is 0 Å². The van der Waals surface area contributed by atoms with E-state index in [0.717, 1.165) is 17.1 Å². The van der Waals surface area contributed by atoms with Gasteiger partial charge in [-0.1, -0.05) is 12.2 Å². The highest BCUT2D eigenvalue weighted by atomic mass is 16.4. The summed E-state index contributed by atoms with van der Waals surface area (Å²) in [5.41, 5.74) is 2.41. The molecule has 18 heavy (non-hydrogen) atoms. The molecule has 0 radical (unpaired) electrons. The first kappa shape index (κ1) is 10.00. The molecule has 0 amide bonds. The summed E-state index contributed by atoms with van der Waals surface area (Å²) < 4.78 is 4.99. The van der Waals surface area contributed by atoms with Gasteiger partial charge in [-0.15, -0.1) is 0 Å². The first-order chi connectivity index (χ1) is 8.79. The third kappa shape index (κ3) is 1.41. The summed E-state index contributed by atoms with van der Waals surface area (Å²) in [6.45, 7) is 0. The molecule has 3 unspecified atom stereocenters. The fourth-order valence-electron chi connectivity index (χ4n) is 3.14.